The molecule has 0 aliphatic carbocycles. The molecule has 5 aromatic rings. The summed E-state index contributed by atoms with van der Waals surface area (Å²) in [5, 5.41) is 6.54. The third-order valence-electron chi connectivity index (χ3n) is 5.06. The van der Waals surface area contributed by atoms with E-state index in [2.05, 4.69) is 40.5 Å². The Morgan fingerprint density at radius 2 is 1.85 bits per heavy atom. The molecule has 0 saturated heterocycles. The highest BCUT2D eigenvalue weighted by Gasteiger charge is 2.13. The highest BCUT2D eigenvalue weighted by molar-refractivity contribution is 5.71. The van der Waals surface area contributed by atoms with Crippen LogP contribution in [0.25, 0.3) is 22.7 Å². The van der Waals surface area contributed by atoms with Gasteiger partial charge in [-0.15, -0.1) is 0 Å². The van der Waals surface area contributed by atoms with E-state index in [0.29, 0.717) is 35.8 Å². The van der Waals surface area contributed by atoms with Crippen molar-refractivity contribution >= 4 is 17.6 Å². The second-order valence-electron chi connectivity index (χ2n) is 7.33. The van der Waals surface area contributed by atoms with Gasteiger partial charge in [0.05, 0.1) is 25.2 Å². The first kappa shape index (κ1) is 21.1. The van der Waals surface area contributed by atoms with Crippen LogP contribution in [0.2, 0.25) is 0 Å². The first-order valence-electron chi connectivity index (χ1n) is 10.6. The zero-order valence-corrected chi connectivity index (χ0v) is 18.4. The van der Waals surface area contributed by atoms with E-state index in [4.69, 9.17) is 9.15 Å². The Morgan fingerprint density at radius 1 is 0.971 bits per heavy atom. The van der Waals surface area contributed by atoms with Gasteiger partial charge in [0.2, 0.25) is 11.9 Å². The van der Waals surface area contributed by atoms with E-state index in [-0.39, 0.29) is 0 Å². The van der Waals surface area contributed by atoms with Gasteiger partial charge in [0.15, 0.2) is 18.0 Å². The summed E-state index contributed by atoms with van der Waals surface area (Å²) in [4.78, 5) is 24.9. The van der Waals surface area contributed by atoms with E-state index in [1.165, 1.54) is 6.39 Å². The number of hydrogen-bond acceptors (Lipinski definition) is 9. The van der Waals surface area contributed by atoms with Crippen LogP contribution in [0, 0.1) is 0 Å². The van der Waals surface area contributed by atoms with E-state index >= 15 is 0 Å². The Morgan fingerprint density at radius 3 is 2.62 bits per heavy atom. The van der Waals surface area contributed by atoms with Crippen molar-refractivity contribution in [2.75, 3.05) is 24.3 Å². The zero-order chi connectivity index (χ0) is 23.2. The van der Waals surface area contributed by atoms with Crippen LogP contribution in [0.5, 0.6) is 5.75 Å². The molecule has 0 bridgehead atoms. The molecule has 0 amide bonds. The molecule has 10 heteroatoms. The van der Waals surface area contributed by atoms with Crippen LogP contribution in [-0.4, -0.2) is 43.6 Å². The number of benzene rings is 2. The van der Waals surface area contributed by atoms with Crippen LogP contribution in [-0.2, 0) is 6.42 Å². The van der Waals surface area contributed by atoms with Gasteiger partial charge in [-0.25, -0.2) is 9.97 Å². The Bertz CT molecular complexity index is 1340. The predicted molar refractivity (Wildman–Crippen MR) is 128 cm³/mol. The van der Waals surface area contributed by atoms with Gasteiger partial charge in [-0.1, -0.05) is 30.3 Å². The lowest BCUT2D eigenvalue weighted by Crippen LogP contribution is -2.11. The smallest absolute Gasteiger partial charge is 0.232 e. The highest BCUT2D eigenvalue weighted by Crippen LogP contribution is 2.33. The van der Waals surface area contributed by atoms with Crippen molar-refractivity contribution < 1.29 is 9.15 Å². The summed E-state index contributed by atoms with van der Waals surface area (Å²) in [6, 6.07) is 15.4. The number of rotatable bonds is 9. The number of ether oxygens (including phenoxy) is 1. The molecule has 3 N–H and O–H groups in total. The number of H-pyrrole nitrogens is 1. The summed E-state index contributed by atoms with van der Waals surface area (Å²) in [5.41, 5.74) is 3.48. The number of anilines is 3. The van der Waals surface area contributed by atoms with E-state index in [1.807, 2.05) is 48.5 Å². The Kier molecular flexibility index (Phi) is 6.10. The summed E-state index contributed by atoms with van der Waals surface area (Å²) in [6.07, 6.45) is 7.25. The molecule has 0 saturated carbocycles. The van der Waals surface area contributed by atoms with E-state index in [9.17, 15) is 0 Å². The molecule has 0 radical (unpaired) electrons. The monoisotopic (exact) mass is 454 g/mol. The lowest BCUT2D eigenvalue weighted by Gasteiger charge is -2.12. The molecule has 0 fully saturated rings. The van der Waals surface area contributed by atoms with Crippen LogP contribution >= 0.6 is 0 Å². The zero-order valence-electron chi connectivity index (χ0n) is 18.4. The third-order valence-corrected chi connectivity index (χ3v) is 5.06. The van der Waals surface area contributed by atoms with E-state index < -0.39 is 0 Å². The summed E-state index contributed by atoms with van der Waals surface area (Å²) in [5.74, 6) is 2.71. The van der Waals surface area contributed by atoms with Crippen LogP contribution in [0.4, 0.5) is 17.6 Å². The minimum atomic E-state index is 0.410. The maximum absolute atomic E-state index is 5.55. The number of aromatic amines is 1. The molecule has 0 aliphatic heterocycles. The van der Waals surface area contributed by atoms with Crippen molar-refractivity contribution in [1.29, 1.82) is 0 Å². The Labute approximate surface area is 195 Å². The number of nitrogens with zero attached hydrogens (tertiary/aromatic N) is 5. The van der Waals surface area contributed by atoms with E-state index in [0.717, 1.165) is 28.9 Å². The van der Waals surface area contributed by atoms with Crippen molar-refractivity contribution in [3.05, 3.63) is 79.3 Å². The lowest BCUT2D eigenvalue weighted by molar-refractivity contribution is 0.415. The largest absolute Gasteiger partial charge is 0.496 e. The second-order valence-corrected chi connectivity index (χ2v) is 7.33. The van der Waals surface area contributed by atoms with Crippen LogP contribution in [0.1, 0.15) is 5.69 Å². The maximum atomic E-state index is 5.55. The van der Waals surface area contributed by atoms with Crippen molar-refractivity contribution in [2.45, 2.75) is 6.42 Å². The van der Waals surface area contributed by atoms with Crippen molar-refractivity contribution in [3.8, 4) is 28.5 Å². The first-order valence-corrected chi connectivity index (χ1v) is 10.6. The number of hydrogen-bond donors (Lipinski definition) is 3. The fourth-order valence-corrected chi connectivity index (χ4v) is 3.41. The normalized spacial score (nSPS) is 10.7. The average molecular weight is 454 g/mol. The summed E-state index contributed by atoms with van der Waals surface area (Å²) in [7, 11) is 1.61. The van der Waals surface area contributed by atoms with Crippen LogP contribution < -0.4 is 15.4 Å². The van der Waals surface area contributed by atoms with Crippen molar-refractivity contribution in [2.24, 2.45) is 0 Å². The molecular formula is C24H22N8O2. The van der Waals surface area contributed by atoms with Gasteiger partial charge in [0.1, 0.15) is 5.75 Å². The minimum absolute atomic E-state index is 0.410. The lowest BCUT2D eigenvalue weighted by atomic mass is 10.1. The van der Waals surface area contributed by atoms with Gasteiger partial charge in [0, 0.05) is 42.2 Å². The standard InChI is InChI=1S/C24H22N8O2/c1-33-20-11-17(7-8-19(20)21-13-26-15-34-21)29-24-31-22(16-5-3-2-4-6-16)30-23(32-24)27-10-9-18-12-25-14-28-18/h2-8,11-15H,9-10H2,1H3,(H,25,28)(H2,27,29,30,31,32). The van der Waals surface area contributed by atoms with Gasteiger partial charge < -0.3 is 24.8 Å². The Balaban J connectivity index is 1.41. The third kappa shape index (κ3) is 4.85. The molecule has 0 spiro atoms. The minimum Gasteiger partial charge on any atom is -0.496 e. The van der Waals surface area contributed by atoms with Gasteiger partial charge in [-0.2, -0.15) is 15.0 Å². The molecule has 5 rings (SSSR count). The Hall–Kier alpha value is -4.73. The second kappa shape index (κ2) is 9.82. The van der Waals surface area contributed by atoms with E-state index in [1.54, 1.807) is 25.8 Å². The van der Waals surface area contributed by atoms with Crippen molar-refractivity contribution in [1.82, 2.24) is 29.9 Å². The van der Waals surface area contributed by atoms with Crippen molar-refractivity contribution in [3.63, 3.8) is 0 Å². The predicted octanol–water partition coefficient (Wildman–Crippen LogP) is 4.32. The fraction of sp³-hybridized carbons (Fsp3) is 0.125. The molecule has 34 heavy (non-hydrogen) atoms. The van der Waals surface area contributed by atoms with Gasteiger partial charge >= 0.3 is 0 Å². The molecule has 0 atom stereocenters. The summed E-state index contributed by atoms with van der Waals surface area (Å²) >= 11 is 0. The van der Waals surface area contributed by atoms with Crippen LogP contribution in [0.3, 0.4) is 0 Å². The fourth-order valence-electron chi connectivity index (χ4n) is 3.41. The topological polar surface area (TPSA) is 127 Å². The van der Waals surface area contributed by atoms with Gasteiger partial charge in [-0.05, 0) is 12.1 Å². The average Bonchev–Trinajstić information content (AvgIpc) is 3.59. The molecule has 2 aromatic carbocycles. The SMILES string of the molecule is COc1cc(Nc2nc(NCCc3cnc[nH]3)nc(-c3ccccc3)n2)ccc1-c1cnco1. The number of imidazole rings is 1. The summed E-state index contributed by atoms with van der Waals surface area (Å²) < 4.78 is 11.0. The molecular weight excluding hydrogens is 432 g/mol. The van der Waals surface area contributed by atoms with Crippen LogP contribution in [0.15, 0.2) is 78.1 Å². The van der Waals surface area contributed by atoms with Gasteiger partial charge in [-0.3, -0.25) is 0 Å². The van der Waals surface area contributed by atoms with Gasteiger partial charge in [0.25, 0.3) is 0 Å². The molecule has 10 nitrogen and oxygen atoms in total. The molecule has 3 aromatic heterocycles. The molecule has 3 heterocycles. The number of methoxy groups -OCH3 is 1. The first-order chi connectivity index (χ1) is 16.8. The molecule has 170 valence electrons. The molecule has 0 unspecified atom stereocenters. The molecule has 0 aliphatic rings. The number of aromatic nitrogens is 6. The number of nitrogens with one attached hydrogen (secondary N) is 3. The maximum Gasteiger partial charge on any atom is 0.232 e. The quantitative estimate of drug-likeness (QED) is 0.298. The highest BCUT2D eigenvalue weighted by atomic mass is 16.5. The number of oxazole rings is 1. The summed E-state index contributed by atoms with van der Waals surface area (Å²) in [6.45, 7) is 0.638.